The molecule has 2 aromatic carbocycles. The van der Waals surface area contributed by atoms with Gasteiger partial charge in [0.15, 0.2) is 11.5 Å². The molecule has 0 saturated carbocycles. The van der Waals surface area contributed by atoms with Crippen LogP contribution in [0.15, 0.2) is 63.8 Å². The van der Waals surface area contributed by atoms with Gasteiger partial charge in [-0.1, -0.05) is 28.1 Å². The fourth-order valence-electron chi connectivity index (χ4n) is 3.22. The molecule has 1 amide bonds. The predicted molar refractivity (Wildman–Crippen MR) is 114 cm³/mol. The van der Waals surface area contributed by atoms with Crippen LogP contribution in [0.3, 0.4) is 0 Å². The van der Waals surface area contributed by atoms with E-state index in [4.69, 9.17) is 14.2 Å². The summed E-state index contributed by atoms with van der Waals surface area (Å²) in [5.41, 5.74) is 2.32. The molecule has 0 aromatic heterocycles. The zero-order chi connectivity index (χ0) is 21.1. The molecule has 1 heterocycles. The lowest BCUT2D eigenvalue weighted by atomic mass is 10.0. The van der Waals surface area contributed by atoms with E-state index in [-0.39, 0.29) is 17.1 Å². The third-order valence-electron chi connectivity index (χ3n) is 4.57. The second kappa shape index (κ2) is 8.53. The van der Waals surface area contributed by atoms with Crippen molar-refractivity contribution >= 4 is 39.6 Å². The molecule has 1 aliphatic heterocycles. The maximum atomic E-state index is 13.3. The molecule has 0 fully saturated rings. The Morgan fingerprint density at radius 3 is 2.38 bits per heavy atom. The minimum absolute atomic E-state index is 0.229. The number of ether oxygens (including phenoxy) is 3. The van der Waals surface area contributed by atoms with Crippen LogP contribution in [0, 0.1) is 0 Å². The first-order valence-electron chi connectivity index (χ1n) is 8.74. The number of nitrogens with zero attached hydrogens (tertiary/aromatic N) is 1. The molecule has 0 aliphatic carbocycles. The highest BCUT2D eigenvalue weighted by atomic mass is 79.9. The van der Waals surface area contributed by atoms with Gasteiger partial charge in [0.05, 0.1) is 38.2 Å². The largest absolute Gasteiger partial charge is 0.493 e. The third kappa shape index (κ3) is 3.91. The summed E-state index contributed by atoms with van der Waals surface area (Å²) in [5.74, 6) is 0.132. The molecule has 0 atom stereocenters. The summed E-state index contributed by atoms with van der Waals surface area (Å²) in [5, 5.41) is 0. The molecule has 2 aromatic rings. The van der Waals surface area contributed by atoms with E-state index in [0.29, 0.717) is 22.9 Å². The van der Waals surface area contributed by atoms with Crippen molar-refractivity contribution < 1.29 is 23.8 Å². The van der Waals surface area contributed by atoms with Gasteiger partial charge in [0, 0.05) is 16.2 Å². The summed E-state index contributed by atoms with van der Waals surface area (Å²) in [6.07, 6.45) is 1.68. The zero-order valence-corrected chi connectivity index (χ0v) is 18.1. The summed E-state index contributed by atoms with van der Waals surface area (Å²) in [7, 11) is 4.36. The number of benzene rings is 2. The molecule has 0 bridgehead atoms. The minimum atomic E-state index is -0.569. The molecule has 7 heteroatoms. The Balaban J connectivity index is 2.14. The number of anilines is 1. The average molecular weight is 458 g/mol. The van der Waals surface area contributed by atoms with Crippen LogP contribution in [0.2, 0.25) is 0 Å². The number of methoxy groups -OCH3 is 3. The predicted octanol–water partition coefficient (Wildman–Crippen LogP) is 4.34. The van der Waals surface area contributed by atoms with Gasteiger partial charge in [-0.05, 0) is 42.8 Å². The second-order valence-corrected chi connectivity index (χ2v) is 7.16. The number of allylic oxidation sites excluding steroid dienone is 1. The van der Waals surface area contributed by atoms with Gasteiger partial charge in [-0.25, -0.2) is 4.79 Å². The van der Waals surface area contributed by atoms with Crippen molar-refractivity contribution in [3.63, 3.8) is 0 Å². The molecule has 0 N–H and O–H groups in total. The summed E-state index contributed by atoms with van der Waals surface area (Å²) >= 11 is 3.42. The van der Waals surface area contributed by atoms with Gasteiger partial charge >= 0.3 is 5.97 Å². The fraction of sp³-hybridized carbons (Fsp3) is 0.182. The Labute approximate surface area is 177 Å². The van der Waals surface area contributed by atoms with Crippen LogP contribution in [-0.2, 0) is 14.3 Å². The quantitative estimate of drug-likeness (QED) is 0.493. The Kier molecular flexibility index (Phi) is 6.08. The molecule has 3 rings (SSSR count). The SMILES string of the molecule is COC(=O)C1=C(C)N(c2ccc(OC)c(OC)c2)C(=O)/C1=C\c1cccc(Br)c1. The molecule has 6 nitrogen and oxygen atoms in total. The average Bonchev–Trinajstić information content (AvgIpc) is 2.96. The lowest BCUT2D eigenvalue weighted by Crippen LogP contribution is -2.24. The van der Waals surface area contributed by atoms with Crippen LogP contribution in [0.4, 0.5) is 5.69 Å². The van der Waals surface area contributed by atoms with E-state index < -0.39 is 5.97 Å². The highest BCUT2D eigenvalue weighted by molar-refractivity contribution is 9.10. The molecular formula is C22H20BrNO5. The van der Waals surface area contributed by atoms with Crippen molar-refractivity contribution in [2.45, 2.75) is 6.92 Å². The van der Waals surface area contributed by atoms with Crippen LogP contribution in [0.1, 0.15) is 12.5 Å². The second-order valence-electron chi connectivity index (χ2n) is 6.24. The van der Waals surface area contributed by atoms with Crippen LogP contribution in [-0.4, -0.2) is 33.2 Å². The third-order valence-corrected chi connectivity index (χ3v) is 5.07. The number of carbonyl (C=O) groups is 2. The summed E-state index contributed by atoms with van der Waals surface area (Å²) in [6, 6.07) is 12.6. The molecular weight excluding hydrogens is 438 g/mol. The first-order valence-corrected chi connectivity index (χ1v) is 9.53. The number of carbonyl (C=O) groups excluding carboxylic acids is 2. The monoisotopic (exact) mass is 457 g/mol. The van der Waals surface area contributed by atoms with Crippen LogP contribution in [0.25, 0.3) is 6.08 Å². The molecule has 1 aliphatic rings. The van der Waals surface area contributed by atoms with Gasteiger partial charge in [-0.2, -0.15) is 0 Å². The Morgan fingerprint density at radius 2 is 1.76 bits per heavy atom. The molecule has 0 radical (unpaired) electrons. The van der Waals surface area contributed by atoms with Crippen molar-refractivity contribution in [1.29, 1.82) is 0 Å². The zero-order valence-electron chi connectivity index (χ0n) is 16.5. The molecule has 0 spiro atoms. The standard InChI is InChI=1S/C22H20BrNO5/c1-13-20(22(26)29-4)17(11-14-6-5-7-15(23)10-14)21(25)24(13)16-8-9-18(27-2)19(12-16)28-3/h5-12H,1-4H3/b17-11-. The van der Waals surface area contributed by atoms with Crippen LogP contribution >= 0.6 is 15.9 Å². The van der Waals surface area contributed by atoms with Crippen molar-refractivity contribution in [2.24, 2.45) is 0 Å². The van der Waals surface area contributed by atoms with E-state index in [2.05, 4.69) is 15.9 Å². The summed E-state index contributed by atoms with van der Waals surface area (Å²) in [6.45, 7) is 1.71. The van der Waals surface area contributed by atoms with Crippen LogP contribution in [0.5, 0.6) is 11.5 Å². The first-order chi connectivity index (χ1) is 13.9. The van der Waals surface area contributed by atoms with E-state index in [9.17, 15) is 9.59 Å². The smallest absolute Gasteiger partial charge is 0.340 e. The van der Waals surface area contributed by atoms with Crippen molar-refractivity contribution in [1.82, 2.24) is 0 Å². The molecule has 0 saturated heterocycles. The van der Waals surface area contributed by atoms with Gasteiger partial charge in [-0.15, -0.1) is 0 Å². The Hall–Kier alpha value is -3.06. The number of halogens is 1. The fourth-order valence-corrected chi connectivity index (χ4v) is 3.63. The summed E-state index contributed by atoms with van der Waals surface area (Å²) in [4.78, 5) is 27.3. The van der Waals surface area contributed by atoms with E-state index in [0.717, 1.165) is 10.0 Å². The Morgan fingerprint density at radius 1 is 1.03 bits per heavy atom. The van der Waals surface area contributed by atoms with Gasteiger partial charge in [-0.3, -0.25) is 9.69 Å². The lowest BCUT2D eigenvalue weighted by molar-refractivity contribution is -0.136. The number of amides is 1. The molecule has 0 unspecified atom stereocenters. The lowest BCUT2D eigenvalue weighted by Gasteiger charge is -2.19. The van der Waals surface area contributed by atoms with Crippen molar-refractivity contribution in [2.75, 3.05) is 26.2 Å². The highest BCUT2D eigenvalue weighted by Gasteiger charge is 2.38. The number of esters is 1. The van der Waals surface area contributed by atoms with Crippen molar-refractivity contribution in [3.8, 4) is 11.5 Å². The van der Waals surface area contributed by atoms with E-state index in [1.54, 1.807) is 31.2 Å². The summed E-state index contributed by atoms with van der Waals surface area (Å²) < 4.78 is 16.4. The Bertz CT molecular complexity index is 1040. The topological polar surface area (TPSA) is 65.1 Å². The van der Waals surface area contributed by atoms with E-state index >= 15 is 0 Å². The highest BCUT2D eigenvalue weighted by Crippen LogP contribution is 2.39. The maximum Gasteiger partial charge on any atom is 0.340 e. The minimum Gasteiger partial charge on any atom is -0.493 e. The number of rotatable bonds is 5. The first kappa shape index (κ1) is 20.7. The molecule has 150 valence electrons. The molecule has 29 heavy (non-hydrogen) atoms. The van der Waals surface area contributed by atoms with Gasteiger partial charge in [0.25, 0.3) is 5.91 Å². The van der Waals surface area contributed by atoms with Gasteiger partial charge < -0.3 is 14.2 Å². The van der Waals surface area contributed by atoms with Crippen molar-refractivity contribution in [3.05, 3.63) is 69.3 Å². The normalized spacial score (nSPS) is 15.1. The van der Waals surface area contributed by atoms with Crippen LogP contribution < -0.4 is 14.4 Å². The number of hydrogen-bond donors (Lipinski definition) is 0. The maximum absolute atomic E-state index is 13.3. The van der Waals surface area contributed by atoms with Gasteiger partial charge in [0.2, 0.25) is 0 Å². The van der Waals surface area contributed by atoms with E-state index in [1.165, 1.54) is 26.2 Å². The number of hydrogen-bond acceptors (Lipinski definition) is 5. The van der Waals surface area contributed by atoms with Gasteiger partial charge in [0.1, 0.15) is 0 Å². The van der Waals surface area contributed by atoms with E-state index in [1.807, 2.05) is 24.3 Å².